The molecule has 6 N–H and O–H groups in total. The molecule has 4 aliphatic rings. The van der Waals surface area contributed by atoms with Crippen molar-refractivity contribution in [1.82, 2.24) is 0 Å². The quantitative estimate of drug-likeness (QED) is 0.264. The van der Waals surface area contributed by atoms with Crippen LogP contribution in [0.25, 0.3) is 22.6 Å². The highest BCUT2D eigenvalue weighted by molar-refractivity contribution is 6.14. The summed E-state index contributed by atoms with van der Waals surface area (Å²) in [6, 6.07) is 4.92. The number of benzene rings is 2. The molecule has 14 nitrogen and oxygen atoms in total. The molecule has 0 unspecified atom stereocenters. The molecule has 0 spiro atoms. The third-order valence-corrected chi connectivity index (χ3v) is 9.26. The second-order valence-corrected chi connectivity index (χ2v) is 11.9. The number of carbonyl (C=O) groups excluding carboxylic acids is 4. The molecule has 6 rings (SSSR count). The van der Waals surface area contributed by atoms with E-state index < -0.39 is 104 Å². The van der Waals surface area contributed by atoms with Crippen molar-refractivity contribution >= 4 is 35.0 Å². The zero-order chi connectivity index (χ0) is 33.6. The van der Waals surface area contributed by atoms with Gasteiger partial charge in [-0.25, -0.2) is 9.59 Å². The highest BCUT2D eigenvalue weighted by atomic mass is 16.6. The molecule has 242 valence electrons. The number of fused-ring (bicyclic) bond motifs is 4. The highest BCUT2D eigenvalue weighted by Gasteiger charge is 2.64. The Hall–Kier alpha value is -5.08. The van der Waals surface area contributed by atoms with Gasteiger partial charge in [0.05, 0.1) is 25.4 Å². The first-order chi connectivity index (χ1) is 21.7. The fourth-order valence-corrected chi connectivity index (χ4v) is 7.00. The minimum Gasteiger partial charge on any atom is -0.506 e. The van der Waals surface area contributed by atoms with Crippen molar-refractivity contribution in [2.24, 2.45) is 11.8 Å². The number of esters is 2. The molecule has 2 fully saturated rings. The van der Waals surface area contributed by atoms with Crippen molar-refractivity contribution in [3.8, 4) is 34.1 Å². The predicted octanol–water partition coefficient (Wildman–Crippen LogP) is 1.85. The number of aliphatic hydroxyl groups is 4. The third-order valence-electron chi connectivity index (χ3n) is 9.26. The van der Waals surface area contributed by atoms with Crippen LogP contribution in [0.15, 0.2) is 35.4 Å². The van der Waals surface area contributed by atoms with Crippen molar-refractivity contribution in [1.29, 1.82) is 0 Å². The van der Waals surface area contributed by atoms with Gasteiger partial charge in [-0.05, 0) is 36.1 Å². The normalized spacial score (nSPS) is 29.9. The average molecular weight is 639 g/mol. The molecule has 2 aliphatic carbocycles. The molecular weight excluding hydrogens is 608 g/mol. The van der Waals surface area contributed by atoms with Crippen LogP contribution >= 0.6 is 0 Å². The molecular formula is C32H30O14. The van der Waals surface area contributed by atoms with Crippen LogP contribution in [-0.2, 0) is 28.7 Å². The van der Waals surface area contributed by atoms with Gasteiger partial charge < -0.3 is 49.6 Å². The van der Waals surface area contributed by atoms with E-state index in [1.807, 2.05) is 0 Å². The molecule has 2 heterocycles. The molecule has 0 aromatic heterocycles. The van der Waals surface area contributed by atoms with Crippen LogP contribution in [0, 0.1) is 11.8 Å². The Kier molecular flexibility index (Phi) is 6.87. The second-order valence-electron chi connectivity index (χ2n) is 11.9. The molecule has 0 radical (unpaired) electrons. The molecule has 2 aromatic rings. The SMILES string of the molecule is COC(=O)[C@@]12Oc3ccc(-c4ccc5c(c4O)C(O)=C4C(=O)C[C@@H](C)[C@H](O)[C@@]4(C(=O)OC)O5)c(O)c3C(O)=C1C(=O)C[C@H](C)[C@H]2O. The number of carbonyl (C=O) groups is 4. The van der Waals surface area contributed by atoms with Crippen molar-refractivity contribution in [2.45, 2.75) is 50.1 Å². The van der Waals surface area contributed by atoms with Gasteiger partial charge in [-0.15, -0.1) is 0 Å². The van der Waals surface area contributed by atoms with E-state index in [1.165, 1.54) is 38.1 Å². The topological polar surface area (TPSA) is 227 Å². The molecule has 0 saturated heterocycles. The van der Waals surface area contributed by atoms with Crippen LogP contribution < -0.4 is 9.47 Å². The molecule has 0 bridgehead atoms. The highest BCUT2D eigenvalue weighted by Crippen LogP contribution is 2.55. The van der Waals surface area contributed by atoms with E-state index in [-0.39, 0.29) is 35.5 Å². The molecule has 14 heteroatoms. The smallest absolute Gasteiger partial charge is 0.358 e. The first-order valence-electron chi connectivity index (χ1n) is 14.3. The van der Waals surface area contributed by atoms with Crippen molar-refractivity contribution in [2.75, 3.05) is 14.2 Å². The summed E-state index contributed by atoms with van der Waals surface area (Å²) in [6.07, 6.45) is -3.72. The van der Waals surface area contributed by atoms with Crippen LogP contribution in [0.1, 0.15) is 37.8 Å². The van der Waals surface area contributed by atoms with Gasteiger partial charge in [0.2, 0.25) is 0 Å². The van der Waals surface area contributed by atoms with E-state index in [9.17, 15) is 49.8 Å². The molecule has 6 atom stereocenters. The Morgan fingerprint density at radius 2 is 1.04 bits per heavy atom. The summed E-state index contributed by atoms with van der Waals surface area (Å²) in [5.74, 6) is -9.01. The van der Waals surface area contributed by atoms with E-state index in [0.717, 1.165) is 14.2 Å². The monoisotopic (exact) mass is 638 g/mol. The summed E-state index contributed by atoms with van der Waals surface area (Å²) in [5.41, 5.74) is -7.25. The summed E-state index contributed by atoms with van der Waals surface area (Å²) < 4.78 is 21.5. The maximum Gasteiger partial charge on any atom is 0.358 e. The Morgan fingerprint density at radius 3 is 1.37 bits per heavy atom. The number of phenols is 2. The largest absolute Gasteiger partial charge is 0.506 e. The summed E-state index contributed by atoms with van der Waals surface area (Å²) in [4.78, 5) is 52.3. The minimum absolute atomic E-state index is 0.163. The fourth-order valence-electron chi connectivity index (χ4n) is 7.00. The summed E-state index contributed by atoms with van der Waals surface area (Å²) in [5, 5.41) is 67.7. The Morgan fingerprint density at radius 1 is 0.696 bits per heavy atom. The van der Waals surface area contributed by atoms with Gasteiger partial charge in [-0.1, -0.05) is 13.8 Å². The summed E-state index contributed by atoms with van der Waals surface area (Å²) >= 11 is 0. The lowest BCUT2D eigenvalue weighted by Crippen LogP contribution is -2.64. The minimum atomic E-state index is -2.42. The molecule has 2 saturated carbocycles. The number of hydrogen-bond donors (Lipinski definition) is 6. The van der Waals surface area contributed by atoms with Gasteiger partial charge in [-0.2, -0.15) is 0 Å². The van der Waals surface area contributed by atoms with Crippen LogP contribution in [0.3, 0.4) is 0 Å². The Labute approximate surface area is 260 Å². The number of ether oxygens (including phenoxy) is 4. The van der Waals surface area contributed by atoms with E-state index in [4.69, 9.17) is 18.9 Å². The van der Waals surface area contributed by atoms with Gasteiger partial charge in [0.1, 0.15) is 57.9 Å². The lowest BCUT2D eigenvalue weighted by atomic mass is 9.69. The molecule has 2 aliphatic heterocycles. The standard InChI is InChI=1S/C32H30O14/c1-11-9-15(33)21-25(37)19-17(45-31(21,27(11)39)29(41)43-3)7-5-13(23(19)35)14-6-8-18-20(24(14)36)26(38)22-16(34)10-12(2)28(40)32(22,46-18)30(42)44-4/h5-8,11-12,27-28,35-40H,9-10H2,1-4H3/t11-,12+,27+,28-,31+,32-. The number of ketones is 2. The zero-order valence-electron chi connectivity index (χ0n) is 25.0. The van der Waals surface area contributed by atoms with E-state index in [2.05, 4.69) is 0 Å². The van der Waals surface area contributed by atoms with Crippen LogP contribution in [0.4, 0.5) is 0 Å². The first kappa shape index (κ1) is 30.9. The van der Waals surface area contributed by atoms with Crippen molar-refractivity contribution in [3.05, 3.63) is 46.5 Å². The lowest BCUT2D eigenvalue weighted by molar-refractivity contribution is -0.173. The zero-order valence-corrected chi connectivity index (χ0v) is 25.0. The van der Waals surface area contributed by atoms with Gasteiger partial charge in [0, 0.05) is 24.0 Å². The summed E-state index contributed by atoms with van der Waals surface area (Å²) in [7, 11) is 2.04. The first-order valence-corrected chi connectivity index (χ1v) is 14.3. The van der Waals surface area contributed by atoms with E-state index >= 15 is 0 Å². The number of aliphatic hydroxyl groups excluding tert-OH is 4. The van der Waals surface area contributed by atoms with Crippen LogP contribution in [0.2, 0.25) is 0 Å². The fraction of sp³-hybridized carbons (Fsp3) is 0.375. The lowest BCUT2D eigenvalue weighted by Gasteiger charge is -2.45. The Bertz CT molecular complexity index is 1690. The molecule has 2 aromatic carbocycles. The summed E-state index contributed by atoms with van der Waals surface area (Å²) in [6.45, 7) is 3.04. The Balaban J connectivity index is 1.55. The maximum absolute atomic E-state index is 13.2. The average Bonchev–Trinajstić information content (AvgIpc) is 3.01. The second kappa shape index (κ2) is 10.2. The van der Waals surface area contributed by atoms with Gasteiger partial charge in [-0.3, -0.25) is 9.59 Å². The van der Waals surface area contributed by atoms with E-state index in [1.54, 1.807) is 0 Å². The number of hydrogen-bond acceptors (Lipinski definition) is 14. The molecule has 0 amide bonds. The number of Topliss-reactive ketones (excluding diaryl/α,β-unsaturated/α-hetero) is 2. The predicted molar refractivity (Wildman–Crippen MR) is 155 cm³/mol. The van der Waals surface area contributed by atoms with Gasteiger partial charge in [0.25, 0.3) is 11.2 Å². The van der Waals surface area contributed by atoms with Crippen molar-refractivity contribution < 1.29 is 68.8 Å². The molecule has 46 heavy (non-hydrogen) atoms. The maximum atomic E-state index is 13.2. The number of phenolic OH excluding ortho intramolecular Hbond substituents is 2. The third kappa shape index (κ3) is 3.70. The number of rotatable bonds is 3. The number of methoxy groups -OCH3 is 2. The van der Waals surface area contributed by atoms with E-state index in [0.29, 0.717) is 0 Å². The van der Waals surface area contributed by atoms with Crippen LogP contribution in [0.5, 0.6) is 23.0 Å². The number of aromatic hydroxyl groups is 2. The van der Waals surface area contributed by atoms with Gasteiger partial charge in [0.15, 0.2) is 11.6 Å². The van der Waals surface area contributed by atoms with Gasteiger partial charge >= 0.3 is 11.9 Å². The van der Waals surface area contributed by atoms with Crippen molar-refractivity contribution in [3.63, 3.8) is 0 Å². The van der Waals surface area contributed by atoms with Crippen LogP contribution in [-0.4, -0.2) is 91.8 Å².